The number of methoxy groups -OCH3 is 1. The Kier molecular flexibility index (Phi) is 6.06. The first-order valence-electron chi connectivity index (χ1n) is 8.58. The topological polar surface area (TPSA) is 47.6 Å². The van der Waals surface area contributed by atoms with Gasteiger partial charge in [-0.2, -0.15) is 0 Å². The molecule has 0 aromatic rings. The second-order valence-electron chi connectivity index (χ2n) is 6.90. The molecule has 21 heavy (non-hydrogen) atoms. The fourth-order valence-electron chi connectivity index (χ4n) is 3.87. The van der Waals surface area contributed by atoms with Crippen molar-refractivity contribution in [3.63, 3.8) is 0 Å². The Labute approximate surface area is 129 Å². The molecule has 4 nitrogen and oxygen atoms in total. The fourth-order valence-corrected chi connectivity index (χ4v) is 3.87. The van der Waals surface area contributed by atoms with E-state index in [0.717, 1.165) is 38.1 Å². The van der Waals surface area contributed by atoms with E-state index >= 15 is 0 Å². The predicted octanol–water partition coefficient (Wildman–Crippen LogP) is 3.05. The highest BCUT2D eigenvalue weighted by Crippen LogP contribution is 2.36. The van der Waals surface area contributed by atoms with Gasteiger partial charge in [-0.1, -0.05) is 26.7 Å². The predicted molar refractivity (Wildman–Crippen MR) is 83.2 cm³/mol. The summed E-state index contributed by atoms with van der Waals surface area (Å²) in [5.41, 5.74) is -0.518. The third-order valence-electron chi connectivity index (χ3n) is 5.03. The van der Waals surface area contributed by atoms with Gasteiger partial charge in [0, 0.05) is 6.42 Å². The van der Waals surface area contributed by atoms with Gasteiger partial charge in [0.2, 0.25) is 0 Å². The second-order valence-corrected chi connectivity index (χ2v) is 6.90. The number of hydrogen-bond donors (Lipinski definition) is 1. The van der Waals surface area contributed by atoms with Crippen molar-refractivity contribution in [1.29, 1.82) is 0 Å². The zero-order valence-electron chi connectivity index (χ0n) is 13.8. The molecule has 1 N–H and O–H groups in total. The molecule has 2 aliphatic rings. The van der Waals surface area contributed by atoms with E-state index in [1.54, 1.807) is 0 Å². The van der Waals surface area contributed by atoms with Crippen molar-refractivity contribution in [3.8, 4) is 0 Å². The number of rotatable bonds is 6. The molecule has 0 amide bonds. The Morgan fingerprint density at radius 3 is 2.76 bits per heavy atom. The standard InChI is InChI=1S/C17H31NO3/c1-4-10-18-17(16(19)20-3)9-8-15(12-17)21-14-7-5-6-13(2)11-14/h13-15,18H,4-12H2,1-3H3. The third kappa shape index (κ3) is 4.19. The van der Waals surface area contributed by atoms with E-state index in [2.05, 4.69) is 19.2 Å². The first-order valence-corrected chi connectivity index (χ1v) is 8.58. The van der Waals surface area contributed by atoms with Crippen molar-refractivity contribution < 1.29 is 14.3 Å². The molecular weight excluding hydrogens is 266 g/mol. The summed E-state index contributed by atoms with van der Waals surface area (Å²) in [5.74, 6) is 0.646. The van der Waals surface area contributed by atoms with Gasteiger partial charge in [-0.3, -0.25) is 4.79 Å². The molecule has 0 saturated heterocycles. The second kappa shape index (κ2) is 7.59. The minimum Gasteiger partial charge on any atom is -0.468 e. The minimum absolute atomic E-state index is 0.126. The van der Waals surface area contributed by atoms with Crippen LogP contribution in [0.4, 0.5) is 0 Å². The summed E-state index contributed by atoms with van der Waals surface area (Å²) in [4.78, 5) is 12.2. The quantitative estimate of drug-likeness (QED) is 0.766. The van der Waals surface area contributed by atoms with E-state index in [9.17, 15) is 4.79 Å². The van der Waals surface area contributed by atoms with Crippen molar-refractivity contribution in [3.05, 3.63) is 0 Å². The molecule has 4 atom stereocenters. The monoisotopic (exact) mass is 297 g/mol. The van der Waals surface area contributed by atoms with Crippen LogP contribution in [-0.4, -0.2) is 37.4 Å². The normalized spacial score (nSPS) is 36.6. The third-order valence-corrected chi connectivity index (χ3v) is 5.03. The van der Waals surface area contributed by atoms with Crippen LogP contribution >= 0.6 is 0 Å². The van der Waals surface area contributed by atoms with Gasteiger partial charge in [-0.05, 0) is 44.6 Å². The summed E-state index contributed by atoms with van der Waals surface area (Å²) >= 11 is 0. The van der Waals surface area contributed by atoms with Crippen LogP contribution in [0.25, 0.3) is 0 Å². The maximum atomic E-state index is 12.2. The van der Waals surface area contributed by atoms with Crippen molar-refractivity contribution in [2.75, 3.05) is 13.7 Å². The number of ether oxygens (including phenoxy) is 2. The van der Waals surface area contributed by atoms with Gasteiger partial charge >= 0.3 is 5.97 Å². The molecule has 2 fully saturated rings. The highest BCUT2D eigenvalue weighted by Gasteiger charge is 2.46. The Hall–Kier alpha value is -0.610. The van der Waals surface area contributed by atoms with Crippen LogP contribution in [0.15, 0.2) is 0 Å². The average Bonchev–Trinajstić information content (AvgIpc) is 2.88. The fraction of sp³-hybridized carbons (Fsp3) is 0.941. The Morgan fingerprint density at radius 2 is 2.10 bits per heavy atom. The Morgan fingerprint density at radius 1 is 1.29 bits per heavy atom. The van der Waals surface area contributed by atoms with Crippen LogP contribution in [-0.2, 0) is 14.3 Å². The van der Waals surface area contributed by atoms with E-state index in [-0.39, 0.29) is 12.1 Å². The molecule has 0 aliphatic heterocycles. The van der Waals surface area contributed by atoms with E-state index in [0.29, 0.717) is 6.10 Å². The van der Waals surface area contributed by atoms with Gasteiger partial charge in [0.25, 0.3) is 0 Å². The van der Waals surface area contributed by atoms with Crippen LogP contribution < -0.4 is 5.32 Å². The lowest BCUT2D eigenvalue weighted by Gasteiger charge is -2.31. The van der Waals surface area contributed by atoms with Gasteiger partial charge in [0.05, 0.1) is 19.3 Å². The number of carbonyl (C=O) groups is 1. The van der Waals surface area contributed by atoms with Crippen molar-refractivity contribution in [2.45, 2.75) is 83.0 Å². The van der Waals surface area contributed by atoms with E-state index < -0.39 is 5.54 Å². The first kappa shape index (κ1) is 16.8. The molecule has 0 radical (unpaired) electrons. The lowest BCUT2D eigenvalue weighted by atomic mass is 9.88. The number of hydrogen-bond acceptors (Lipinski definition) is 4. The molecule has 2 aliphatic carbocycles. The van der Waals surface area contributed by atoms with Gasteiger partial charge in [-0.25, -0.2) is 0 Å². The highest BCUT2D eigenvalue weighted by molar-refractivity contribution is 5.81. The summed E-state index contributed by atoms with van der Waals surface area (Å²) in [6.07, 6.45) is 9.09. The summed E-state index contributed by atoms with van der Waals surface area (Å²) in [7, 11) is 1.48. The Balaban J connectivity index is 1.91. The maximum absolute atomic E-state index is 12.2. The SMILES string of the molecule is CCCNC1(C(=O)OC)CCC(OC2CCCC(C)C2)C1. The average molecular weight is 297 g/mol. The molecule has 0 spiro atoms. The molecule has 2 rings (SSSR count). The lowest BCUT2D eigenvalue weighted by Crippen LogP contribution is -2.51. The Bertz CT molecular complexity index is 347. The zero-order valence-corrected chi connectivity index (χ0v) is 13.8. The van der Waals surface area contributed by atoms with Gasteiger partial charge < -0.3 is 14.8 Å². The van der Waals surface area contributed by atoms with Crippen molar-refractivity contribution in [1.82, 2.24) is 5.32 Å². The van der Waals surface area contributed by atoms with Crippen LogP contribution in [0.2, 0.25) is 0 Å². The molecule has 0 aromatic carbocycles. The largest absolute Gasteiger partial charge is 0.468 e. The van der Waals surface area contributed by atoms with E-state index in [4.69, 9.17) is 9.47 Å². The van der Waals surface area contributed by atoms with Gasteiger partial charge in [0.1, 0.15) is 5.54 Å². The van der Waals surface area contributed by atoms with Crippen LogP contribution in [0.1, 0.15) is 65.2 Å². The van der Waals surface area contributed by atoms with Gasteiger partial charge in [0.15, 0.2) is 0 Å². The number of esters is 1. The van der Waals surface area contributed by atoms with E-state index in [1.165, 1.54) is 32.8 Å². The van der Waals surface area contributed by atoms with Crippen LogP contribution in [0.3, 0.4) is 0 Å². The molecule has 2 saturated carbocycles. The summed E-state index contributed by atoms with van der Waals surface area (Å²) < 4.78 is 11.3. The number of nitrogens with one attached hydrogen (secondary N) is 1. The smallest absolute Gasteiger partial charge is 0.326 e. The molecule has 122 valence electrons. The molecule has 4 unspecified atom stereocenters. The van der Waals surface area contributed by atoms with Crippen molar-refractivity contribution >= 4 is 5.97 Å². The maximum Gasteiger partial charge on any atom is 0.326 e. The molecule has 4 heteroatoms. The van der Waals surface area contributed by atoms with Crippen LogP contribution in [0.5, 0.6) is 0 Å². The highest BCUT2D eigenvalue weighted by atomic mass is 16.5. The molecule has 0 heterocycles. The van der Waals surface area contributed by atoms with Crippen LogP contribution in [0, 0.1) is 5.92 Å². The minimum atomic E-state index is -0.518. The van der Waals surface area contributed by atoms with E-state index in [1.807, 2.05) is 0 Å². The lowest BCUT2D eigenvalue weighted by molar-refractivity contribution is -0.149. The summed E-state index contributed by atoms with van der Waals surface area (Å²) in [6, 6.07) is 0. The summed E-state index contributed by atoms with van der Waals surface area (Å²) in [5, 5.41) is 3.42. The molecule has 0 aromatic heterocycles. The molecular formula is C17H31NO3. The zero-order chi connectivity index (χ0) is 15.3. The van der Waals surface area contributed by atoms with Crippen molar-refractivity contribution in [2.24, 2.45) is 5.92 Å². The first-order chi connectivity index (χ1) is 10.1. The summed E-state index contributed by atoms with van der Waals surface area (Å²) in [6.45, 7) is 5.28. The van der Waals surface area contributed by atoms with Gasteiger partial charge in [-0.15, -0.1) is 0 Å². The molecule has 0 bridgehead atoms. The number of carbonyl (C=O) groups excluding carboxylic acids is 1.